The molecule has 0 bridgehead atoms. The first-order valence-corrected chi connectivity index (χ1v) is 10.3. The molecule has 8 heteroatoms. The number of hydrogen-bond donors (Lipinski definition) is 2. The third-order valence-corrected chi connectivity index (χ3v) is 5.82. The number of hydrazone groups is 1. The van der Waals surface area contributed by atoms with Gasteiger partial charge in [0.15, 0.2) is 0 Å². The van der Waals surface area contributed by atoms with Crippen LogP contribution in [0.15, 0.2) is 41.5 Å². The number of rotatable bonds is 3. The maximum Gasteiger partial charge on any atom is 0.322 e. The van der Waals surface area contributed by atoms with E-state index in [2.05, 4.69) is 15.4 Å². The molecule has 0 radical (unpaired) electrons. The lowest BCUT2D eigenvalue weighted by Gasteiger charge is -2.27. The molecule has 1 fully saturated rings. The van der Waals surface area contributed by atoms with Crippen LogP contribution >= 0.6 is 0 Å². The van der Waals surface area contributed by atoms with Gasteiger partial charge in [0.05, 0.1) is 24.0 Å². The second-order valence-electron chi connectivity index (χ2n) is 8.27. The Morgan fingerprint density at radius 3 is 2.63 bits per heavy atom. The van der Waals surface area contributed by atoms with E-state index in [0.29, 0.717) is 31.0 Å². The summed E-state index contributed by atoms with van der Waals surface area (Å²) in [6, 6.07) is 11.4. The molecule has 154 valence electrons. The van der Waals surface area contributed by atoms with Crippen LogP contribution in [0, 0.1) is 5.92 Å². The average molecular weight is 404 g/mol. The van der Waals surface area contributed by atoms with Crippen molar-refractivity contribution in [2.75, 3.05) is 11.1 Å². The van der Waals surface area contributed by atoms with Gasteiger partial charge in [-0.25, -0.2) is 14.8 Å². The highest BCUT2D eigenvalue weighted by atomic mass is 16.2. The number of aromatic nitrogens is 1. The molecule has 8 nitrogen and oxygen atoms in total. The van der Waals surface area contributed by atoms with Crippen LogP contribution in [0.25, 0.3) is 0 Å². The van der Waals surface area contributed by atoms with Crippen molar-refractivity contribution in [1.29, 1.82) is 0 Å². The van der Waals surface area contributed by atoms with Gasteiger partial charge in [-0.3, -0.25) is 4.79 Å². The number of pyridine rings is 1. The Morgan fingerprint density at radius 2 is 1.90 bits per heavy atom. The number of nitrogens with zero attached hydrogens (tertiary/aromatic N) is 4. The SMILES string of the molecule is CC1CC(=O)N(C2CC2)N=C1c1ccc(NC(=O)N2Cc3ccc(N)nc3C2)cc1. The predicted molar refractivity (Wildman–Crippen MR) is 114 cm³/mol. The molecular formula is C22H24N6O2. The van der Waals surface area contributed by atoms with Crippen LogP contribution in [0.2, 0.25) is 0 Å². The second kappa shape index (κ2) is 7.12. The Bertz CT molecular complexity index is 1040. The van der Waals surface area contributed by atoms with Gasteiger partial charge in [-0.15, -0.1) is 0 Å². The topological polar surface area (TPSA) is 104 Å². The van der Waals surface area contributed by atoms with Crippen LogP contribution in [-0.2, 0) is 17.9 Å². The number of amides is 3. The van der Waals surface area contributed by atoms with Gasteiger partial charge in [-0.2, -0.15) is 5.10 Å². The normalized spacial score (nSPS) is 20.8. The summed E-state index contributed by atoms with van der Waals surface area (Å²) in [5.41, 5.74) is 10.2. The van der Waals surface area contributed by atoms with E-state index in [1.54, 1.807) is 16.0 Å². The van der Waals surface area contributed by atoms with Crippen molar-refractivity contribution in [2.24, 2.45) is 11.0 Å². The van der Waals surface area contributed by atoms with E-state index in [-0.39, 0.29) is 23.9 Å². The van der Waals surface area contributed by atoms with Gasteiger partial charge in [-0.05, 0) is 42.2 Å². The number of nitrogens with two attached hydrogens (primary N) is 1. The highest BCUT2D eigenvalue weighted by Crippen LogP contribution is 2.32. The van der Waals surface area contributed by atoms with Gasteiger partial charge in [0, 0.05) is 24.6 Å². The molecule has 1 unspecified atom stereocenters. The van der Waals surface area contributed by atoms with Crippen LogP contribution in [0.1, 0.15) is 43.0 Å². The van der Waals surface area contributed by atoms with Gasteiger partial charge >= 0.3 is 6.03 Å². The fourth-order valence-corrected chi connectivity index (χ4v) is 4.01. The number of nitrogens with one attached hydrogen (secondary N) is 1. The molecule has 3 heterocycles. The zero-order chi connectivity index (χ0) is 20.8. The summed E-state index contributed by atoms with van der Waals surface area (Å²) in [7, 11) is 0. The molecule has 30 heavy (non-hydrogen) atoms. The lowest BCUT2D eigenvalue weighted by molar-refractivity contribution is -0.133. The van der Waals surface area contributed by atoms with Gasteiger partial charge in [-0.1, -0.05) is 25.1 Å². The van der Waals surface area contributed by atoms with Crippen molar-refractivity contribution in [2.45, 2.75) is 45.3 Å². The third kappa shape index (κ3) is 3.49. The number of nitrogen functional groups attached to an aromatic ring is 1. The molecule has 3 aliphatic rings. The molecule has 2 aromatic rings. The molecule has 1 aliphatic carbocycles. The summed E-state index contributed by atoms with van der Waals surface area (Å²) in [6.07, 6.45) is 2.55. The van der Waals surface area contributed by atoms with Gasteiger partial charge in [0.1, 0.15) is 5.82 Å². The van der Waals surface area contributed by atoms with Crippen LogP contribution in [-0.4, -0.2) is 38.6 Å². The summed E-state index contributed by atoms with van der Waals surface area (Å²) in [5.74, 6) is 0.657. The van der Waals surface area contributed by atoms with Crippen molar-refractivity contribution in [3.63, 3.8) is 0 Å². The smallest absolute Gasteiger partial charge is 0.322 e. The number of benzene rings is 1. The molecule has 0 saturated heterocycles. The van der Waals surface area contributed by atoms with E-state index in [4.69, 9.17) is 5.73 Å². The van der Waals surface area contributed by atoms with Gasteiger partial charge in [0.25, 0.3) is 0 Å². The lowest BCUT2D eigenvalue weighted by Crippen LogP contribution is -2.37. The molecule has 5 rings (SSSR count). The summed E-state index contributed by atoms with van der Waals surface area (Å²) >= 11 is 0. The zero-order valence-electron chi connectivity index (χ0n) is 16.8. The Morgan fingerprint density at radius 1 is 1.13 bits per heavy atom. The fraction of sp³-hybridized carbons (Fsp3) is 0.364. The van der Waals surface area contributed by atoms with Crippen molar-refractivity contribution in [3.05, 3.63) is 53.2 Å². The van der Waals surface area contributed by atoms with E-state index in [0.717, 1.165) is 35.4 Å². The van der Waals surface area contributed by atoms with Gasteiger partial charge in [0.2, 0.25) is 5.91 Å². The molecule has 1 aromatic heterocycles. The largest absolute Gasteiger partial charge is 0.384 e. The maximum absolute atomic E-state index is 12.7. The van der Waals surface area contributed by atoms with E-state index in [9.17, 15) is 9.59 Å². The molecule has 1 aromatic carbocycles. The monoisotopic (exact) mass is 404 g/mol. The summed E-state index contributed by atoms with van der Waals surface area (Å²) in [4.78, 5) is 30.9. The minimum Gasteiger partial charge on any atom is -0.384 e. The van der Waals surface area contributed by atoms with E-state index >= 15 is 0 Å². The summed E-state index contributed by atoms with van der Waals surface area (Å²) in [6.45, 7) is 3.00. The summed E-state index contributed by atoms with van der Waals surface area (Å²) in [5, 5.41) is 9.25. The lowest BCUT2D eigenvalue weighted by atomic mass is 9.93. The third-order valence-electron chi connectivity index (χ3n) is 5.82. The molecule has 1 saturated carbocycles. The molecule has 1 atom stereocenters. The Balaban J connectivity index is 1.27. The minimum atomic E-state index is -0.173. The van der Waals surface area contributed by atoms with Crippen molar-refractivity contribution < 1.29 is 9.59 Å². The van der Waals surface area contributed by atoms with Crippen LogP contribution in [0.4, 0.5) is 16.3 Å². The zero-order valence-corrected chi connectivity index (χ0v) is 16.8. The molecule has 3 N–H and O–H groups in total. The minimum absolute atomic E-state index is 0.0796. The van der Waals surface area contributed by atoms with E-state index in [1.807, 2.05) is 37.3 Å². The molecule has 2 aliphatic heterocycles. The first kappa shape index (κ1) is 18.6. The number of fused-ring (bicyclic) bond motifs is 1. The van der Waals surface area contributed by atoms with E-state index in [1.165, 1.54) is 0 Å². The predicted octanol–water partition coefficient (Wildman–Crippen LogP) is 2.95. The highest BCUT2D eigenvalue weighted by Gasteiger charge is 2.37. The number of carbonyl (C=O) groups excluding carboxylic acids is 2. The Labute approximate surface area is 174 Å². The van der Waals surface area contributed by atoms with Crippen LogP contribution < -0.4 is 11.1 Å². The number of anilines is 2. The van der Waals surface area contributed by atoms with Crippen LogP contribution in [0.3, 0.4) is 0 Å². The summed E-state index contributed by atoms with van der Waals surface area (Å²) < 4.78 is 0. The first-order valence-electron chi connectivity index (χ1n) is 10.3. The number of hydrogen-bond acceptors (Lipinski definition) is 5. The molecular weight excluding hydrogens is 380 g/mol. The average Bonchev–Trinajstić information content (AvgIpc) is 3.47. The molecule has 3 amide bonds. The van der Waals surface area contributed by atoms with Crippen molar-refractivity contribution >= 4 is 29.2 Å². The van der Waals surface area contributed by atoms with Crippen LogP contribution in [0.5, 0.6) is 0 Å². The fourth-order valence-electron chi connectivity index (χ4n) is 4.01. The number of carbonyl (C=O) groups is 2. The van der Waals surface area contributed by atoms with Crippen molar-refractivity contribution in [1.82, 2.24) is 14.9 Å². The Kier molecular flexibility index (Phi) is 4.42. The van der Waals surface area contributed by atoms with Crippen molar-refractivity contribution in [3.8, 4) is 0 Å². The quantitative estimate of drug-likeness (QED) is 0.821. The van der Waals surface area contributed by atoms with Gasteiger partial charge < -0.3 is 16.0 Å². The second-order valence-corrected chi connectivity index (χ2v) is 8.27. The number of urea groups is 1. The standard InChI is InChI=1S/C22H24N6O2/c1-13-10-20(29)28(17-7-8-17)26-21(13)14-2-5-16(6-3-14)24-22(30)27-11-15-4-9-19(23)25-18(15)12-27/h2-6,9,13,17H,7-8,10-12H2,1H3,(H2,23,25)(H,24,30). The maximum atomic E-state index is 12.7. The highest BCUT2D eigenvalue weighted by molar-refractivity contribution is 6.06. The first-order chi connectivity index (χ1) is 14.5. The Hall–Kier alpha value is -3.42. The molecule has 0 spiro atoms. The van der Waals surface area contributed by atoms with E-state index < -0.39 is 0 Å².